The zero-order chi connectivity index (χ0) is 11.6. The lowest BCUT2D eigenvalue weighted by atomic mass is 9.88. The maximum absolute atomic E-state index is 5.77. The van der Waals surface area contributed by atoms with E-state index in [1.807, 2.05) is 0 Å². The van der Waals surface area contributed by atoms with Crippen molar-refractivity contribution in [3.63, 3.8) is 0 Å². The Morgan fingerprint density at radius 3 is 2.07 bits per heavy atom. The molecule has 3 nitrogen and oxygen atoms in total. The van der Waals surface area contributed by atoms with Crippen molar-refractivity contribution >= 4 is 0 Å². The summed E-state index contributed by atoms with van der Waals surface area (Å²) in [7, 11) is 4.31. The van der Waals surface area contributed by atoms with Gasteiger partial charge in [-0.25, -0.2) is 0 Å². The minimum absolute atomic E-state index is 0.245. The Balaban J connectivity index is 2.46. The Bertz CT molecular complexity index is 190. The third kappa shape index (κ3) is 2.92. The summed E-state index contributed by atoms with van der Waals surface area (Å²) >= 11 is 0. The number of hydrogen-bond donors (Lipinski definition) is 0. The van der Waals surface area contributed by atoms with E-state index in [0.29, 0.717) is 12.1 Å². The number of hydrogen-bond acceptors (Lipinski definition) is 3. The van der Waals surface area contributed by atoms with Crippen molar-refractivity contribution in [1.82, 2.24) is 9.80 Å². The Labute approximate surface area is 94.4 Å². The molecule has 0 bridgehead atoms. The molecule has 3 heteroatoms. The molecule has 1 aliphatic heterocycles. The molecule has 0 aromatic carbocycles. The first-order valence-corrected chi connectivity index (χ1v) is 5.90. The Kier molecular flexibility index (Phi) is 4.15. The van der Waals surface area contributed by atoms with Crippen LogP contribution in [0.25, 0.3) is 0 Å². The summed E-state index contributed by atoms with van der Waals surface area (Å²) in [6.07, 6.45) is 0.329. The summed E-state index contributed by atoms with van der Waals surface area (Å²) in [4.78, 5) is 4.80. The van der Waals surface area contributed by atoms with Crippen LogP contribution < -0.4 is 0 Å². The second kappa shape index (κ2) is 4.81. The minimum atomic E-state index is 0.245. The van der Waals surface area contributed by atoms with E-state index in [4.69, 9.17) is 4.74 Å². The number of likely N-dealkylation sites (tertiary alicyclic amines) is 1. The van der Waals surface area contributed by atoms with E-state index in [-0.39, 0.29) is 5.54 Å². The topological polar surface area (TPSA) is 15.7 Å². The smallest absolute Gasteiger partial charge is 0.0694 e. The summed E-state index contributed by atoms with van der Waals surface area (Å²) in [6.45, 7) is 11.8. The summed E-state index contributed by atoms with van der Waals surface area (Å²) in [5.41, 5.74) is 0.245. The van der Waals surface area contributed by atoms with Gasteiger partial charge in [-0.2, -0.15) is 0 Å². The molecule has 15 heavy (non-hydrogen) atoms. The lowest BCUT2D eigenvalue weighted by Crippen LogP contribution is -2.72. The van der Waals surface area contributed by atoms with Crippen LogP contribution in [0.15, 0.2) is 0 Å². The van der Waals surface area contributed by atoms with Gasteiger partial charge in [0.05, 0.1) is 18.2 Å². The normalized spacial score (nSPS) is 21.4. The molecule has 0 saturated carbocycles. The van der Waals surface area contributed by atoms with E-state index < -0.39 is 0 Å². The van der Waals surface area contributed by atoms with Gasteiger partial charge in [0, 0.05) is 19.1 Å². The fraction of sp³-hybridized carbons (Fsp3) is 1.00. The number of nitrogens with zero attached hydrogens (tertiary/aromatic N) is 2. The van der Waals surface area contributed by atoms with Gasteiger partial charge in [0.1, 0.15) is 0 Å². The van der Waals surface area contributed by atoms with E-state index in [2.05, 4.69) is 51.6 Å². The molecule has 0 N–H and O–H groups in total. The molecule has 1 fully saturated rings. The molecule has 0 amide bonds. The zero-order valence-corrected chi connectivity index (χ0v) is 11.1. The Hall–Kier alpha value is -0.120. The van der Waals surface area contributed by atoms with Gasteiger partial charge in [-0.05, 0) is 41.8 Å². The average Bonchev–Trinajstić information content (AvgIpc) is 1.99. The molecule has 0 aliphatic carbocycles. The van der Waals surface area contributed by atoms with Crippen LogP contribution in [0.3, 0.4) is 0 Å². The molecular formula is C12H26N2O. The van der Waals surface area contributed by atoms with Gasteiger partial charge in [0.2, 0.25) is 0 Å². The first-order chi connectivity index (χ1) is 6.87. The molecular weight excluding hydrogens is 188 g/mol. The average molecular weight is 214 g/mol. The van der Waals surface area contributed by atoms with Crippen molar-refractivity contribution < 1.29 is 4.74 Å². The SMILES string of the molecule is CC(C)OCC1(N(C)C)CN(C(C)C)C1. The van der Waals surface area contributed by atoms with Crippen molar-refractivity contribution in [2.75, 3.05) is 33.8 Å². The lowest BCUT2D eigenvalue weighted by molar-refractivity contribution is -0.104. The highest BCUT2D eigenvalue weighted by atomic mass is 16.5. The Morgan fingerprint density at radius 1 is 1.20 bits per heavy atom. The first-order valence-electron chi connectivity index (χ1n) is 5.90. The summed E-state index contributed by atoms with van der Waals surface area (Å²) in [6, 6.07) is 0.650. The van der Waals surface area contributed by atoms with E-state index in [9.17, 15) is 0 Å². The number of ether oxygens (including phenoxy) is 1. The third-order valence-electron chi connectivity index (χ3n) is 3.36. The van der Waals surface area contributed by atoms with Gasteiger partial charge in [-0.15, -0.1) is 0 Å². The van der Waals surface area contributed by atoms with Gasteiger partial charge in [-0.3, -0.25) is 9.80 Å². The van der Waals surface area contributed by atoms with Gasteiger partial charge in [-0.1, -0.05) is 0 Å². The van der Waals surface area contributed by atoms with Crippen LogP contribution in [-0.4, -0.2) is 61.3 Å². The maximum atomic E-state index is 5.77. The molecule has 0 atom stereocenters. The second-order valence-electron chi connectivity index (χ2n) is 5.48. The van der Waals surface area contributed by atoms with E-state index >= 15 is 0 Å². The van der Waals surface area contributed by atoms with Gasteiger partial charge >= 0.3 is 0 Å². The number of likely N-dealkylation sites (N-methyl/N-ethyl adjacent to an activating group) is 1. The van der Waals surface area contributed by atoms with Crippen LogP contribution in [0.4, 0.5) is 0 Å². The van der Waals surface area contributed by atoms with Crippen LogP contribution in [0.1, 0.15) is 27.7 Å². The fourth-order valence-electron chi connectivity index (χ4n) is 1.90. The third-order valence-corrected chi connectivity index (χ3v) is 3.36. The van der Waals surface area contributed by atoms with Crippen LogP contribution in [0.2, 0.25) is 0 Å². The zero-order valence-electron chi connectivity index (χ0n) is 11.1. The summed E-state index contributed by atoms with van der Waals surface area (Å²) in [5.74, 6) is 0. The molecule has 1 heterocycles. The fourth-order valence-corrected chi connectivity index (χ4v) is 1.90. The minimum Gasteiger partial charge on any atom is -0.377 e. The molecule has 0 aromatic rings. The summed E-state index contributed by atoms with van der Waals surface area (Å²) < 4.78 is 5.77. The second-order valence-corrected chi connectivity index (χ2v) is 5.48. The molecule has 1 saturated heterocycles. The van der Waals surface area contributed by atoms with Crippen molar-refractivity contribution in [3.8, 4) is 0 Å². The standard InChI is InChI=1S/C12H26N2O/c1-10(2)14-7-12(8-14,13(5)6)9-15-11(3)4/h10-11H,7-9H2,1-6H3. The predicted molar refractivity (Wildman–Crippen MR) is 64.2 cm³/mol. The largest absolute Gasteiger partial charge is 0.377 e. The highest BCUT2D eigenvalue weighted by molar-refractivity contribution is 5.03. The molecule has 1 aliphatic rings. The number of rotatable bonds is 5. The van der Waals surface area contributed by atoms with E-state index in [1.54, 1.807) is 0 Å². The van der Waals surface area contributed by atoms with Gasteiger partial charge in [0.25, 0.3) is 0 Å². The van der Waals surface area contributed by atoms with Crippen LogP contribution in [0.5, 0.6) is 0 Å². The van der Waals surface area contributed by atoms with Crippen LogP contribution in [0, 0.1) is 0 Å². The van der Waals surface area contributed by atoms with Crippen molar-refractivity contribution in [1.29, 1.82) is 0 Å². The Morgan fingerprint density at radius 2 is 1.73 bits per heavy atom. The van der Waals surface area contributed by atoms with Crippen molar-refractivity contribution in [3.05, 3.63) is 0 Å². The molecule has 0 spiro atoms. The molecule has 1 rings (SSSR count). The predicted octanol–water partition coefficient (Wildman–Crippen LogP) is 1.44. The van der Waals surface area contributed by atoms with Crippen molar-refractivity contribution in [2.45, 2.75) is 45.4 Å². The van der Waals surface area contributed by atoms with Crippen LogP contribution in [-0.2, 0) is 4.74 Å². The van der Waals surface area contributed by atoms with E-state index in [0.717, 1.165) is 19.7 Å². The molecule has 0 radical (unpaired) electrons. The van der Waals surface area contributed by atoms with Gasteiger partial charge < -0.3 is 4.74 Å². The van der Waals surface area contributed by atoms with Crippen LogP contribution >= 0.6 is 0 Å². The van der Waals surface area contributed by atoms with Crippen molar-refractivity contribution in [2.24, 2.45) is 0 Å². The monoisotopic (exact) mass is 214 g/mol. The lowest BCUT2D eigenvalue weighted by Gasteiger charge is -2.55. The highest BCUT2D eigenvalue weighted by Gasteiger charge is 2.45. The summed E-state index contributed by atoms with van der Waals surface area (Å²) in [5, 5.41) is 0. The maximum Gasteiger partial charge on any atom is 0.0694 e. The molecule has 0 aromatic heterocycles. The molecule has 90 valence electrons. The quantitative estimate of drug-likeness (QED) is 0.688. The van der Waals surface area contributed by atoms with E-state index in [1.165, 1.54) is 0 Å². The van der Waals surface area contributed by atoms with Gasteiger partial charge in [0.15, 0.2) is 0 Å². The first kappa shape index (κ1) is 12.9. The highest BCUT2D eigenvalue weighted by Crippen LogP contribution is 2.28. The molecule has 0 unspecified atom stereocenters.